The highest BCUT2D eigenvalue weighted by Gasteiger charge is 2.25. The van der Waals surface area contributed by atoms with Crippen LogP contribution in [0.25, 0.3) is 10.9 Å². The number of piperazine rings is 1. The quantitative estimate of drug-likeness (QED) is 0.617. The molecule has 0 spiro atoms. The van der Waals surface area contributed by atoms with Crippen molar-refractivity contribution in [1.82, 2.24) is 14.8 Å². The SMILES string of the molecule is COc1ccc(C(=O)N2CCN(C(=O)CCCc3c[nH]c4ccccc34)CC2)cc1OC. The van der Waals surface area contributed by atoms with Gasteiger partial charge in [-0.05, 0) is 42.7 Å². The maximum Gasteiger partial charge on any atom is 0.254 e. The number of rotatable bonds is 7. The van der Waals surface area contributed by atoms with Gasteiger partial charge in [0.25, 0.3) is 5.91 Å². The molecule has 1 saturated heterocycles. The molecule has 4 rings (SSSR count). The van der Waals surface area contributed by atoms with E-state index in [1.54, 1.807) is 37.3 Å². The molecule has 0 radical (unpaired) electrons. The molecule has 7 nitrogen and oxygen atoms in total. The Morgan fingerprint density at radius 1 is 0.938 bits per heavy atom. The molecule has 1 fully saturated rings. The number of aromatic nitrogens is 1. The fraction of sp³-hybridized carbons (Fsp3) is 0.360. The normalized spacial score (nSPS) is 13.9. The lowest BCUT2D eigenvalue weighted by molar-refractivity contribution is -0.132. The number of nitrogens with one attached hydrogen (secondary N) is 1. The Morgan fingerprint density at radius 3 is 2.41 bits per heavy atom. The van der Waals surface area contributed by atoms with Crippen LogP contribution in [-0.2, 0) is 11.2 Å². The largest absolute Gasteiger partial charge is 0.493 e. The zero-order valence-electron chi connectivity index (χ0n) is 18.6. The molecular weight excluding hydrogens is 406 g/mol. The number of H-pyrrole nitrogens is 1. The molecule has 3 aromatic rings. The van der Waals surface area contributed by atoms with Gasteiger partial charge in [-0.2, -0.15) is 0 Å². The number of ether oxygens (including phenoxy) is 2. The molecule has 1 aromatic heterocycles. The lowest BCUT2D eigenvalue weighted by atomic mass is 10.1. The summed E-state index contributed by atoms with van der Waals surface area (Å²) in [6, 6.07) is 13.4. The number of methoxy groups -OCH3 is 2. The van der Waals surface area contributed by atoms with E-state index < -0.39 is 0 Å². The standard InChI is InChI=1S/C25H29N3O4/c1-31-22-11-10-18(16-23(22)32-2)25(30)28-14-12-27(13-15-28)24(29)9-5-6-19-17-26-21-8-4-3-7-20(19)21/h3-4,7-8,10-11,16-17,26H,5-6,9,12-15H2,1-2H3. The number of carbonyl (C=O) groups excluding carboxylic acids is 2. The lowest BCUT2D eigenvalue weighted by Gasteiger charge is -2.35. The third-order valence-electron chi connectivity index (χ3n) is 6.06. The van der Waals surface area contributed by atoms with Crippen LogP contribution in [0.15, 0.2) is 48.7 Å². The second-order valence-electron chi connectivity index (χ2n) is 7.96. The molecule has 1 N–H and O–H groups in total. The molecule has 168 valence electrons. The molecule has 0 bridgehead atoms. The van der Waals surface area contributed by atoms with Gasteiger partial charge in [-0.25, -0.2) is 0 Å². The third-order valence-corrected chi connectivity index (χ3v) is 6.06. The predicted octanol–water partition coefficient (Wildman–Crippen LogP) is 3.49. The van der Waals surface area contributed by atoms with Crippen molar-refractivity contribution >= 4 is 22.7 Å². The average molecular weight is 436 g/mol. The summed E-state index contributed by atoms with van der Waals surface area (Å²) in [6.07, 6.45) is 4.23. The highest BCUT2D eigenvalue weighted by atomic mass is 16.5. The minimum absolute atomic E-state index is 0.0580. The number of para-hydroxylation sites is 1. The summed E-state index contributed by atoms with van der Waals surface area (Å²) in [5, 5.41) is 1.22. The molecule has 0 aliphatic carbocycles. The Balaban J connectivity index is 1.26. The molecule has 2 amide bonds. The lowest BCUT2D eigenvalue weighted by Crippen LogP contribution is -2.50. The van der Waals surface area contributed by atoms with E-state index in [0.717, 1.165) is 18.4 Å². The fourth-order valence-electron chi connectivity index (χ4n) is 4.24. The number of aryl methyl sites for hydroxylation is 1. The van der Waals surface area contributed by atoms with Crippen LogP contribution in [0.4, 0.5) is 0 Å². The molecule has 7 heteroatoms. The zero-order chi connectivity index (χ0) is 22.5. The smallest absolute Gasteiger partial charge is 0.254 e. The van der Waals surface area contributed by atoms with Gasteiger partial charge in [0.15, 0.2) is 11.5 Å². The molecule has 0 saturated carbocycles. The Labute approximate surface area is 187 Å². The summed E-state index contributed by atoms with van der Waals surface area (Å²) in [4.78, 5) is 32.5. The topological polar surface area (TPSA) is 74.9 Å². The predicted molar refractivity (Wildman–Crippen MR) is 123 cm³/mol. The fourth-order valence-corrected chi connectivity index (χ4v) is 4.24. The van der Waals surface area contributed by atoms with Gasteiger partial charge in [0, 0.05) is 55.3 Å². The van der Waals surface area contributed by atoms with Gasteiger partial charge in [0.1, 0.15) is 0 Å². The molecule has 1 aliphatic heterocycles. The first-order valence-corrected chi connectivity index (χ1v) is 10.9. The highest BCUT2D eigenvalue weighted by molar-refractivity contribution is 5.95. The number of aromatic amines is 1. The van der Waals surface area contributed by atoms with Gasteiger partial charge in [-0.1, -0.05) is 18.2 Å². The summed E-state index contributed by atoms with van der Waals surface area (Å²) >= 11 is 0. The van der Waals surface area contributed by atoms with Crippen LogP contribution in [0.2, 0.25) is 0 Å². The van der Waals surface area contributed by atoms with Gasteiger partial charge >= 0.3 is 0 Å². The summed E-state index contributed by atoms with van der Waals surface area (Å²) in [5.41, 5.74) is 2.93. The van der Waals surface area contributed by atoms with Crippen LogP contribution >= 0.6 is 0 Å². The van der Waals surface area contributed by atoms with E-state index in [2.05, 4.69) is 17.1 Å². The van der Waals surface area contributed by atoms with Gasteiger partial charge < -0.3 is 24.3 Å². The molecule has 32 heavy (non-hydrogen) atoms. The molecule has 2 heterocycles. The number of fused-ring (bicyclic) bond motifs is 1. The van der Waals surface area contributed by atoms with Gasteiger partial charge in [-0.3, -0.25) is 9.59 Å². The first-order chi connectivity index (χ1) is 15.6. The monoisotopic (exact) mass is 435 g/mol. The minimum Gasteiger partial charge on any atom is -0.493 e. The van der Waals surface area contributed by atoms with Crippen LogP contribution < -0.4 is 9.47 Å². The van der Waals surface area contributed by atoms with Crippen molar-refractivity contribution in [3.63, 3.8) is 0 Å². The number of benzene rings is 2. The molecular formula is C25H29N3O4. The molecule has 1 aliphatic rings. The van der Waals surface area contributed by atoms with Crippen molar-refractivity contribution in [2.75, 3.05) is 40.4 Å². The Bertz CT molecular complexity index is 1100. The van der Waals surface area contributed by atoms with Crippen LogP contribution in [0.5, 0.6) is 11.5 Å². The number of nitrogens with zero attached hydrogens (tertiary/aromatic N) is 2. The van der Waals surface area contributed by atoms with E-state index in [9.17, 15) is 9.59 Å². The zero-order valence-corrected chi connectivity index (χ0v) is 18.6. The Kier molecular flexibility index (Phi) is 6.63. The van der Waals surface area contributed by atoms with Crippen LogP contribution in [0.1, 0.15) is 28.8 Å². The van der Waals surface area contributed by atoms with E-state index >= 15 is 0 Å². The number of amides is 2. The van der Waals surface area contributed by atoms with Crippen molar-refractivity contribution in [2.45, 2.75) is 19.3 Å². The Morgan fingerprint density at radius 2 is 1.66 bits per heavy atom. The van der Waals surface area contributed by atoms with Crippen molar-refractivity contribution in [1.29, 1.82) is 0 Å². The molecule has 0 atom stereocenters. The summed E-state index contributed by atoms with van der Waals surface area (Å²) in [7, 11) is 3.12. The van der Waals surface area contributed by atoms with Crippen molar-refractivity contribution in [3.8, 4) is 11.5 Å². The first kappa shape index (κ1) is 21.7. The summed E-state index contributed by atoms with van der Waals surface area (Å²) < 4.78 is 10.5. The Hall–Kier alpha value is -3.48. The maximum absolute atomic E-state index is 12.9. The van der Waals surface area contributed by atoms with Crippen LogP contribution in [0, 0.1) is 0 Å². The van der Waals surface area contributed by atoms with Crippen molar-refractivity contribution in [3.05, 3.63) is 59.8 Å². The van der Waals surface area contributed by atoms with E-state index in [-0.39, 0.29) is 11.8 Å². The van der Waals surface area contributed by atoms with Crippen molar-refractivity contribution < 1.29 is 19.1 Å². The second-order valence-corrected chi connectivity index (χ2v) is 7.96. The minimum atomic E-state index is -0.0580. The maximum atomic E-state index is 12.9. The third kappa shape index (κ3) is 4.56. The van der Waals surface area contributed by atoms with E-state index in [1.165, 1.54) is 10.9 Å². The van der Waals surface area contributed by atoms with E-state index in [4.69, 9.17) is 9.47 Å². The molecule has 0 unspecified atom stereocenters. The van der Waals surface area contributed by atoms with Crippen LogP contribution in [-0.4, -0.2) is 67.0 Å². The van der Waals surface area contributed by atoms with E-state index in [1.807, 2.05) is 23.2 Å². The number of hydrogen-bond donors (Lipinski definition) is 1. The number of hydrogen-bond acceptors (Lipinski definition) is 4. The molecule has 2 aromatic carbocycles. The second kappa shape index (κ2) is 9.77. The van der Waals surface area contributed by atoms with Crippen molar-refractivity contribution in [2.24, 2.45) is 0 Å². The van der Waals surface area contributed by atoms with E-state index in [0.29, 0.717) is 49.7 Å². The van der Waals surface area contributed by atoms with Gasteiger partial charge in [0.2, 0.25) is 5.91 Å². The summed E-state index contributed by atoms with van der Waals surface area (Å²) in [6.45, 7) is 2.18. The van der Waals surface area contributed by atoms with Crippen LogP contribution in [0.3, 0.4) is 0 Å². The number of carbonyl (C=O) groups is 2. The summed E-state index contributed by atoms with van der Waals surface area (Å²) in [5.74, 6) is 1.22. The van der Waals surface area contributed by atoms with Gasteiger partial charge in [0.05, 0.1) is 14.2 Å². The first-order valence-electron chi connectivity index (χ1n) is 10.9. The average Bonchev–Trinajstić information content (AvgIpc) is 3.26. The van der Waals surface area contributed by atoms with Gasteiger partial charge in [-0.15, -0.1) is 0 Å². The highest BCUT2D eigenvalue weighted by Crippen LogP contribution is 2.28.